The Labute approximate surface area is 125 Å². The molecule has 2 N–H and O–H groups in total. The number of amides is 2. The first-order valence-corrected chi connectivity index (χ1v) is 6.75. The Bertz CT molecular complexity index is 517. The average molecular weight is 297 g/mol. The highest BCUT2D eigenvalue weighted by Gasteiger charge is 2.28. The van der Waals surface area contributed by atoms with Gasteiger partial charge in [0, 0.05) is 23.7 Å². The van der Waals surface area contributed by atoms with Gasteiger partial charge in [0.15, 0.2) is 0 Å². The molecule has 20 heavy (non-hydrogen) atoms. The lowest BCUT2D eigenvalue weighted by molar-refractivity contribution is 0.0733. The number of nitrogens with zero attached hydrogens (tertiary/aromatic N) is 1. The highest BCUT2D eigenvalue weighted by atomic mass is 35.5. The lowest BCUT2D eigenvalue weighted by Crippen LogP contribution is -2.35. The van der Waals surface area contributed by atoms with Crippen LogP contribution in [0.4, 0.5) is 0 Å². The van der Waals surface area contributed by atoms with Crippen LogP contribution in [-0.2, 0) is 0 Å². The van der Waals surface area contributed by atoms with Crippen LogP contribution in [0.15, 0.2) is 18.2 Å². The van der Waals surface area contributed by atoms with Gasteiger partial charge in [0.1, 0.15) is 0 Å². The van der Waals surface area contributed by atoms with Crippen molar-refractivity contribution in [3.05, 3.63) is 34.9 Å². The molecule has 0 bridgehead atoms. The molecule has 110 valence electrons. The summed E-state index contributed by atoms with van der Waals surface area (Å²) in [6, 6.07) is 5.45. The van der Waals surface area contributed by atoms with Gasteiger partial charge >= 0.3 is 0 Å². The zero-order valence-electron chi connectivity index (χ0n) is 11.9. The fourth-order valence-corrected chi connectivity index (χ4v) is 2.74. The van der Waals surface area contributed by atoms with Crippen LogP contribution in [0.1, 0.15) is 52.5 Å². The minimum absolute atomic E-state index is 0. The van der Waals surface area contributed by atoms with Crippen molar-refractivity contribution < 1.29 is 9.59 Å². The van der Waals surface area contributed by atoms with Crippen molar-refractivity contribution in [2.45, 2.75) is 39.2 Å². The maximum atomic E-state index is 12.5. The van der Waals surface area contributed by atoms with E-state index in [0.717, 1.165) is 31.4 Å². The molecule has 0 radical (unpaired) electrons. The van der Waals surface area contributed by atoms with Gasteiger partial charge < -0.3 is 10.6 Å². The van der Waals surface area contributed by atoms with E-state index in [2.05, 4.69) is 6.92 Å². The zero-order valence-corrected chi connectivity index (χ0v) is 12.7. The maximum Gasteiger partial charge on any atom is 0.254 e. The molecule has 0 saturated carbocycles. The standard InChI is InChI=1S/C15H20N2O2.ClH/c1-3-13-5-4-6-17(13)15(19)12-8-10(2)7-11(9-12)14(16)18;/h7-9,13H,3-6H2,1-2H3,(H2,16,18);1H/t13-;/m0./s1. The number of aryl methyl sites for hydroxylation is 1. The van der Waals surface area contributed by atoms with Crippen molar-refractivity contribution in [1.29, 1.82) is 0 Å². The maximum absolute atomic E-state index is 12.5. The van der Waals surface area contributed by atoms with Crippen LogP contribution in [-0.4, -0.2) is 29.3 Å². The van der Waals surface area contributed by atoms with Gasteiger partial charge in [-0.2, -0.15) is 0 Å². The Morgan fingerprint density at radius 2 is 1.95 bits per heavy atom. The third-order valence-corrected chi connectivity index (χ3v) is 3.72. The molecule has 5 heteroatoms. The number of benzene rings is 1. The number of hydrogen-bond donors (Lipinski definition) is 1. The Kier molecular flexibility index (Phi) is 5.57. The smallest absolute Gasteiger partial charge is 0.254 e. The van der Waals surface area contributed by atoms with Crippen LogP contribution < -0.4 is 5.73 Å². The highest BCUT2D eigenvalue weighted by Crippen LogP contribution is 2.23. The van der Waals surface area contributed by atoms with Gasteiger partial charge in [-0.3, -0.25) is 9.59 Å². The molecular weight excluding hydrogens is 276 g/mol. The second-order valence-corrected chi connectivity index (χ2v) is 5.15. The first-order valence-electron chi connectivity index (χ1n) is 6.75. The number of rotatable bonds is 3. The van der Waals surface area contributed by atoms with E-state index in [4.69, 9.17) is 5.73 Å². The van der Waals surface area contributed by atoms with Crippen molar-refractivity contribution in [3.63, 3.8) is 0 Å². The number of primary amides is 1. The molecule has 1 saturated heterocycles. The summed E-state index contributed by atoms with van der Waals surface area (Å²) in [6.45, 7) is 4.77. The summed E-state index contributed by atoms with van der Waals surface area (Å²) in [6.07, 6.45) is 3.09. The second kappa shape index (κ2) is 6.75. The number of carbonyl (C=O) groups is 2. The molecule has 1 atom stereocenters. The Morgan fingerprint density at radius 3 is 2.55 bits per heavy atom. The lowest BCUT2D eigenvalue weighted by Gasteiger charge is -2.24. The van der Waals surface area contributed by atoms with E-state index in [1.807, 2.05) is 17.9 Å². The van der Waals surface area contributed by atoms with Crippen molar-refractivity contribution in [1.82, 2.24) is 4.90 Å². The molecule has 1 heterocycles. The van der Waals surface area contributed by atoms with Crippen LogP contribution in [0.3, 0.4) is 0 Å². The number of nitrogens with two attached hydrogens (primary N) is 1. The number of halogens is 1. The summed E-state index contributed by atoms with van der Waals surface area (Å²) < 4.78 is 0. The van der Waals surface area contributed by atoms with Crippen LogP contribution in [0, 0.1) is 6.92 Å². The van der Waals surface area contributed by atoms with Gasteiger partial charge in [0.05, 0.1) is 0 Å². The quantitative estimate of drug-likeness (QED) is 0.931. The van der Waals surface area contributed by atoms with E-state index in [1.165, 1.54) is 0 Å². The predicted octanol–water partition coefficient (Wildman–Crippen LogP) is 2.53. The van der Waals surface area contributed by atoms with Crippen molar-refractivity contribution >= 4 is 24.2 Å². The fraction of sp³-hybridized carbons (Fsp3) is 0.467. The highest BCUT2D eigenvalue weighted by molar-refractivity contribution is 5.99. The van der Waals surface area contributed by atoms with Crippen molar-refractivity contribution in [2.24, 2.45) is 5.73 Å². The number of hydrogen-bond acceptors (Lipinski definition) is 2. The molecule has 0 aromatic heterocycles. The summed E-state index contributed by atoms with van der Waals surface area (Å²) in [5, 5.41) is 0. The molecule has 1 aromatic carbocycles. The molecule has 2 rings (SSSR count). The number of likely N-dealkylation sites (tertiary alicyclic amines) is 1. The van der Waals surface area contributed by atoms with Crippen molar-refractivity contribution in [3.8, 4) is 0 Å². The largest absolute Gasteiger partial charge is 0.366 e. The molecular formula is C15H21ClN2O2. The molecule has 4 nitrogen and oxygen atoms in total. The van der Waals surface area contributed by atoms with Crippen molar-refractivity contribution in [2.75, 3.05) is 6.54 Å². The molecule has 1 aromatic rings. The minimum atomic E-state index is -0.494. The van der Waals surface area contributed by atoms with Gasteiger partial charge in [-0.15, -0.1) is 12.4 Å². The van der Waals surface area contributed by atoms with Gasteiger partial charge in [-0.1, -0.05) is 6.92 Å². The summed E-state index contributed by atoms with van der Waals surface area (Å²) in [5.74, 6) is -0.484. The molecule has 1 aliphatic heterocycles. The van der Waals surface area contributed by atoms with E-state index in [0.29, 0.717) is 17.2 Å². The van der Waals surface area contributed by atoms with Gasteiger partial charge in [-0.05, 0) is 49.9 Å². The van der Waals surface area contributed by atoms with Crippen LogP contribution in [0.5, 0.6) is 0 Å². The fourth-order valence-electron chi connectivity index (χ4n) is 2.74. The molecule has 0 aliphatic carbocycles. The average Bonchev–Trinajstić information content (AvgIpc) is 2.85. The van der Waals surface area contributed by atoms with Gasteiger partial charge in [0.2, 0.25) is 5.91 Å². The van der Waals surface area contributed by atoms with Crippen LogP contribution in [0.2, 0.25) is 0 Å². The summed E-state index contributed by atoms with van der Waals surface area (Å²) in [4.78, 5) is 25.7. The topological polar surface area (TPSA) is 63.4 Å². The summed E-state index contributed by atoms with van der Waals surface area (Å²) >= 11 is 0. The summed E-state index contributed by atoms with van der Waals surface area (Å²) in [5.41, 5.74) is 7.14. The molecule has 1 fully saturated rings. The molecule has 2 amide bonds. The van der Waals surface area contributed by atoms with Crippen LogP contribution >= 0.6 is 12.4 Å². The first kappa shape index (κ1) is 16.5. The van der Waals surface area contributed by atoms with Gasteiger partial charge in [0.25, 0.3) is 5.91 Å². The Balaban J connectivity index is 0.00000200. The van der Waals surface area contributed by atoms with E-state index in [1.54, 1.807) is 12.1 Å². The molecule has 1 aliphatic rings. The molecule has 0 unspecified atom stereocenters. The van der Waals surface area contributed by atoms with E-state index >= 15 is 0 Å². The monoisotopic (exact) mass is 296 g/mol. The minimum Gasteiger partial charge on any atom is -0.366 e. The van der Waals surface area contributed by atoms with Gasteiger partial charge in [-0.25, -0.2) is 0 Å². The summed E-state index contributed by atoms with van der Waals surface area (Å²) in [7, 11) is 0. The molecule has 0 spiro atoms. The van der Waals surface area contributed by atoms with Crippen LogP contribution in [0.25, 0.3) is 0 Å². The SMILES string of the molecule is CC[C@H]1CCCN1C(=O)c1cc(C)cc(C(N)=O)c1.Cl. The van der Waals surface area contributed by atoms with E-state index in [9.17, 15) is 9.59 Å². The second-order valence-electron chi connectivity index (χ2n) is 5.15. The van der Waals surface area contributed by atoms with E-state index < -0.39 is 5.91 Å². The third-order valence-electron chi connectivity index (χ3n) is 3.72. The predicted molar refractivity (Wildman–Crippen MR) is 81.3 cm³/mol. The number of carbonyl (C=O) groups excluding carboxylic acids is 2. The third kappa shape index (κ3) is 3.31. The lowest BCUT2D eigenvalue weighted by atomic mass is 10.0. The first-order chi connectivity index (χ1) is 9.02. The Hall–Kier alpha value is -1.55. The normalized spacial score (nSPS) is 17.7. The zero-order chi connectivity index (χ0) is 14.0. The van der Waals surface area contributed by atoms with E-state index in [-0.39, 0.29) is 18.3 Å². The Morgan fingerprint density at radius 1 is 1.30 bits per heavy atom.